The minimum absolute atomic E-state index is 0.180. The van der Waals surface area contributed by atoms with Crippen LogP contribution in [-0.2, 0) is 4.74 Å². The van der Waals surface area contributed by atoms with Gasteiger partial charge in [0, 0.05) is 7.11 Å². The number of methoxy groups -OCH3 is 1. The van der Waals surface area contributed by atoms with Crippen molar-refractivity contribution in [3.8, 4) is 0 Å². The molecule has 2 unspecified atom stereocenters. The number of benzene rings is 1. The zero-order valence-corrected chi connectivity index (χ0v) is 11.7. The van der Waals surface area contributed by atoms with Crippen LogP contribution < -0.4 is 5.32 Å². The molecular formula is C15H25NO. The van der Waals surface area contributed by atoms with Crippen molar-refractivity contribution in [2.45, 2.75) is 45.8 Å². The van der Waals surface area contributed by atoms with Gasteiger partial charge in [-0.05, 0) is 30.5 Å². The van der Waals surface area contributed by atoms with Crippen molar-refractivity contribution in [1.29, 1.82) is 0 Å². The third-order valence-electron chi connectivity index (χ3n) is 3.23. The lowest BCUT2D eigenvalue weighted by Gasteiger charge is -2.24. The van der Waals surface area contributed by atoms with Gasteiger partial charge < -0.3 is 10.1 Å². The van der Waals surface area contributed by atoms with Crippen molar-refractivity contribution in [2.75, 3.05) is 13.7 Å². The Morgan fingerprint density at radius 3 is 2.00 bits per heavy atom. The Hall–Kier alpha value is -0.860. The van der Waals surface area contributed by atoms with E-state index in [4.69, 9.17) is 4.74 Å². The van der Waals surface area contributed by atoms with Gasteiger partial charge >= 0.3 is 0 Å². The van der Waals surface area contributed by atoms with E-state index in [2.05, 4.69) is 57.3 Å². The molecule has 0 fully saturated rings. The van der Waals surface area contributed by atoms with Crippen molar-refractivity contribution >= 4 is 0 Å². The van der Waals surface area contributed by atoms with Crippen LogP contribution in [0.3, 0.4) is 0 Å². The summed E-state index contributed by atoms with van der Waals surface area (Å²) >= 11 is 0. The maximum absolute atomic E-state index is 5.43. The average Bonchev–Trinajstić information content (AvgIpc) is 2.35. The maximum atomic E-state index is 5.43. The summed E-state index contributed by atoms with van der Waals surface area (Å²) in [7, 11) is 1.76. The van der Waals surface area contributed by atoms with Gasteiger partial charge in [-0.15, -0.1) is 0 Å². The van der Waals surface area contributed by atoms with Crippen LogP contribution in [-0.4, -0.2) is 19.8 Å². The van der Waals surface area contributed by atoms with E-state index in [-0.39, 0.29) is 12.1 Å². The summed E-state index contributed by atoms with van der Waals surface area (Å²) in [4.78, 5) is 0. The number of hydrogen-bond donors (Lipinski definition) is 1. The van der Waals surface area contributed by atoms with Crippen LogP contribution in [0.2, 0.25) is 0 Å². The van der Waals surface area contributed by atoms with E-state index in [1.54, 1.807) is 7.11 Å². The molecule has 1 aromatic carbocycles. The Morgan fingerprint density at radius 1 is 1.06 bits per heavy atom. The van der Waals surface area contributed by atoms with E-state index in [9.17, 15) is 0 Å². The molecular weight excluding hydrogens is 210 g/mol. The van der Waals surface area contributed by atoms with Gasteiger partial charge in [0.05, 0.1) is 12.1 Å². The summed E-state index contributed by atoms with van der Waals surface area (Å²) in [6.45, 7) is 9.61. The third-order valence-corrected chi connectivity index (χ3v) is 3.23. The lowest BCUT2D eigenvalue weighted by molar-refractivity contribution is 0.0836. The van der Waals surface area contributed by atoms with Crippen LogP contribution >= 0.6 is 0 Å². The minimum Gasteiger partial charge on any atom is -0.380 e. The van der Waals surface area contributed by atoms with E-state index in [1.807, 2.05) is 0 Å². The van der Waals surface area contributed by atoms with Gasteiger partial charge in [-0.1, -0.05) is 45.0 Å². The molecule has 0 aliphatic rings. The molecule has 17 heavy (non-hydrogen) atoms. The first-order valence-electron chi connectivity index (χ1n) is 6.46. The zero-order chi connectivity index (χ0) is 12.8. The molecule has 0 heterocycles. The van der Waals surface area contributed by atoms with Gasteiger partial charge in [0.15, 0.2) is 0 Å². The smallest absolute Gasteiger partial charge is 0.0737 e. The highest BCUT2D eigenvalue weighted by molar-refractivity contribution is 5.27. The number of hydrogen-bond acceptors (Lipinski definition) is 2. The van der Waals surface area contributed by atoms with Gasteiger partial charge in [-0.2, -0.15) is 0 Å². The molecule has 0 spiro atoms. The van der Waals surface area contributed by atoms with E-state index < -0.39 is 0 Å². The van der Waals surface area contributed by atoms with Crippen molar-refractivity contribution in [3.05, 3.63) is 35.4 Å². The second kappa shape index (κ2) is 6.77. The molecule has 0 aliphatic heterocycles. The fraction of sp³-hybridized carbons (Fsp3) is 0.600. The van der Waals surface area contributed by atoms with Gasteiger partial charge in [0.2, 0.25) is 0 Å². The topological polar surface area (TPSA) is 21.3 Å². The third kappa shape index (κ3) is 3.83. The molecule has 2 heteroatoms. The summed E-state index contributed by atoms with van der Waals surface area (Å²) in [6.07, 6.45) is 0.180. The summed E-state index contributed by atoms with van der Waals surface area (Å²) in [6, 6.07) is 9.11. The SMILES string of the molecule is CCNC(c1ccc(C(C)C)cc1)C(C)OC. The molecule has 0 bridgehead atoms. The second-order valence-corrected chi connectivity index (χ2v) is 4.80. The highest BCUT2D eigenvalue weighted by Crippen LogP contribution is 2.22. The fourth-order valence-corrected chi connectivity index (χ4v) is 2.00. The highest BCUT2D eigenvalue weighted by atomic mass is 16.5. The maximum Gasteiger partial charge on any atom is 0.0737 e. The predicted molar refractivity (Wildman–Crippen MR) is 73.4 cm³/mol. The van der Waals surface area contributed by atoms with E-state index >= 15 is 0 Å². The minimum atomic E-state index is 0.180. The first kappa shape index (κ1) is 14.2. The molecule has 1 N–H and O–H groups in total. The van der Waals surface area contributed by atoms with Crippen LogP contribution in [0, 0.1) is 0 Å². The van der Waals surface area contributed by atoms with Gasteiger partial charge in [-0.3, -0.25) is 0 Å². The molecule has 1 rings (SSSR count). The van der Waals surface area contributed by atoms with E-state index in [0.29, 0.717) is 5.92 Å². The Kier molecular flexibility index (Phi) is 5.66. The van der Waals surface area contributed by atoms with Crippen molar-refractivity contribution in [3.63, 3.8) is 0 Å². The monoisotopic (exact) mass is 235 g/mol. The molecule has 0 radical (unpaired) electrons. The lowest BCUT2D eigenvalue weighted by Crippen LogP contribution is -2.31. The van der Waals surface area contributed by atoms with Crippen molar-refractivity contribution in [1.82, 2.24) is 5.32 Å². The van der Waals surface area contributed by atoms with Gasteiger partial charge in [0.25, 0.3) is 0 Å². The first-order valence-corrected chi connectivity index (χ1v) is 6.46. The molecule has 0 saturated carbocycles. The summed E-state index contributed by atoms with van der Waals surface area (Å²) in [5.74, 6) is 0.585. The largest absolute Gasteiger partial charge is 0.380 e. The summed E-state index contributed by atoms with van der Waals surface area (Å²) in [5, 5.41) is 3.47. The van der Waals surface area contributed by atoms with Crippen molar-refractivity contribution in [2.24, 2.45) is 0 Å². The Bertz CT molecular complexity index is 318. The van der Waals surface area contributed by atoms with Gasteiger partial charge in [0.1, 0.15) is 0 Å². The zero-order valence-electron chi connectivity index (χ0n) is 11.7. The van der Waals surface area contributed by atoms with E-state index in [1.165, 1.54) is 11.1 Å². The summed E-state index contributed by atoms with van der Waals surface area (Å²) in [5.41, 5.74) is 2.68. The number of rotatable bonds is 6. The standard InChI is InChI=1S/C15H25NO/c1-6-16-15(12(4)17-5)14-9-7-13(8-10-14)11(2)3/h7-12,15-16H,6H2,1-5H3. The highest BCUT2D eigenvalue weighted by Gasteiger charge is 2.17. The molecule has 0 amide bonds. The van der Waals surface area contributed by atoms with Crippen LogP contribution in [0.15, 0.2) is 24.3 Å². The first-order chi connectivity index (χ1) is 8.10. The van der Waals surface area contributed by atoms with Crippen molar-refractivity contribution < 1.29 is 4.74 Å². The van der Waals surface area contributed by atoms with Crippen LogP contribution in [0.5, 0.6) is 0 Å². The predicted octanol–water partition coefficient (Wildman–Crippen LogP) is 3.50. The van der Waals surface area contributed by atoms with Crippen LogP contribution in [0.4, 0.5) is 0 Å². The Balaban J connectivity index is 2.87. The average molecular weight is 235 g/mol. The number of likely N-dealkylation sites (N-methyl/N-ethyl adjacent to an activating group) is 1. The van der Waals surface area contributed by atoms with Gasteiger partial charge in [-0.25, -0.2) is 0 Å². The second-order valence-electron chi connectivity index (χ2n) is 4.80. The molecule has 0 aliphatic carbocycles. The Labute approximate surface area is 105 Å². The van der Waals surface area contributed by atoms with Crippen LogP contribution in [0.1, 0.15) is 50.8 Å². The molecule has 96 valence electrons. The summed E-state index contributed by atoms with van der Waals surface area (Å²) < 4.78 is 5.43. The normalized spacial score (nSPS) is 14.9. The number of ether oxygens (including phenoxy) is 1. The molecule has 2 nitrogen and oxygen atoms in total. The molecule has 1 aromatic rings. The molecule has 0 aromatic heterocycles. The Morgan fingerprint density at radius 2 is 1.59 bits per heavy atom. The van der Waals surface area contributed by atoms with Crippen LogP contribution in [0.25, 0.3) is 0 Å². The quantitative estimate of drug-likeness (QED) is 0.815. The number of nitrogens with one attached hydrogen (secondary N) is 1. The molecule has 0 saturated heterocycles. The lowest BCUT2D eigenvalue weighted by atomic mass is 9.97. The molecule has 2 atom stereocenters. The van der Waals surface area contributed by atoms with E-state index in [0.717, 1.165) is 6.54 Å². The fourth-order valence-electron chi connectivity index (χ4n) is 2.00.